The van der Waals surface area contributed by atoms with Crippen LogP contribution in [0.3, 0.4) is 0 Å². The average Bonchev–Trinajstić information content (AvgIpc) is 2.29. The second kappa shape index (κ2) is 6.86. The summed E-state index contributed by atoms with van der Waals surface area (Å²) in [5, 5.41) is 12.0. The Bertz CT molecular complexity index is 331. The number of ether oxygens (including phenoxy) is 1. The Labute approximate surface area is 90.7 Å². The van der Waals surface area contributed by atoms with Crippen molar-refractivity contribution in [2.24, 2.45) is 0 Å². The smallest absolute Gasteiger partial charge is 0.0992 e. The minimum absolute atomic E-state index is 0.692. The van der Waals surface area contributed by atoms with Gasteiger partial charge < -0.3 is 10.1 Å². The van der Waals surface area contributed by atoms with Crippen molar-refractivity contribution in [2.75, 3.05) is 25.6 Å². The molecule has 0 saturated heterocycles. The van der Waals surface area contributed by atoms with E-state index in [1.807, 2.05) is 18.2 Å². The minimum Gasteiger partial charge on any atom is -0.385 e. The summed E-state index contributed by atoms with van der Waals surface area (Å²) >= 11 is 0. The molecule has 0 aliphatic heterocycles. The third-order valence-electron chi connectivity index (χ3n) is 2.10. The van der Waals surface area contributed by atoms with Gasteiger partial charge in [-0.1, -0.05) is 6.07 Å². The minimum atomic E-state index is 0.692. The summed E-state index contributed by atoms with van der Waals surface area (Å²) in [7, 11) is 1.71. The zero-order chi connectivity index (χ0) is 10.9. The van der Waals surface area contributed by atoms with Gasteiger partial charge >= 0.3 is 0 Å². The summed E-state index contributed by atoms with van der Waals surface area (Å²) < 4.78 is 4.96. The van der Waals surface area contributed by atoms with Gasteiger partial charge in [-0.3, -0.25) is 0 Å². The van der Waals surface area contributed by atoms with Crippen molar-refractivity contribution in [1.82, 2.24) is 0 Å². The molecule has 1 rings (SSSR count). The van der Waals surface area contributed by atoms with Crippen LogP contribution < -0.4 is 5.32 Å². The van der Waals surface area contributed by atoms with E-state index in [9.17, 15) is 0 Å². The Kier molecular flexibility index (Phi) is 5.28. The van der Waals surface area contributed by atoms with Gasteiger partial charge in [-0.15, -0.1) is 0 Å². The number of unbranched alkanes of at least 4 members (excludes halogenated alkanes) is 1. The number of rotatable bonds is 6. The number of anilines is 1. The number of benzene rings is 1. The third-order valence-corrected chi connectivity index (χ3v) is 2.10. The molecule has 0 amide bonds. The Morgan fingerprint density at radius 3 is 3.00 bits per heavy atom. The lowest BCUT2D eigenvalue weighted by Crippen LogP contribution is -2.02. The van der Waals surface area contributed by atoms with Crippen molar-refractivity contribution in [1.29, 1.82) is 5.26 Å². The van der Waals surface area contributed by atoms with Gasteiger partial charge in [-0.25, -0.2) is 0 Å². The first-order valence-corrected chi connectivity index (χ1v) is 5.10. The van der Waals surface area contributed by atoms with Gasteiger partial charge in [0, 0.05) is 25.9 Å². The number of nitrogens with zero attached hydrogens (tertiary/aromatic N) is 1. The maximum absolute atomic E-state index is 8.71. The highest BCUT2D eigenvalue weighted by molar-refractivity contribution is 5.48. The number of nitrogens with one attached hydrogen (secondary N) is 1. The number of hydrogen-bond donors (Lipinski definition) is 1. The van der Waals surface area contributed by atoms with Gasteiger partial charge in [0.2, 0.25) is 0 Å². The Hall–Kier alpha value is -1.53. The SMILES string of the molecule is COCCCCNc1cccc(C#N)c1. The van der Waals surface area contributed by atoms with E-state index >= 15 is 0 Å². The molecule has 0 aliphatic rings. The maximum Gasteiger partial charge on any atom is 0.0992 e. The molecule has 0 saturated carbocycles. The van der Waals surface area contributed by atoms with Gasteiger partial charge in [0.05, 0.1) is 11.6 Å². The lowest BCUT2D eigenvalue weighted by Gasteiger charge is -2.05. The van der Waals surface area contributed by atoms with Crippen LogP contribution in [0.15, 0.2) is 24.3 Å². The predicted octanol–water partition coefficient (Wildman–Crippen LogP) is 2.40. The van der Waals surface area contributed by atoms with Crippen molar-refractivity contribution in [2.45, 2.75) is 12.8 Å². The second-order valence-electron chi connectivity index (χ2n) is 3.32. The quantitative estimate of drug-likeness (QED) is 0.724. The molecule has 15 heavy (non-hydrogen) atoms. The predicted molar refractivity (Wildman–Crippen MR) is 60.8 cm³/mol. The van der Waals surface area contributed by atoms with E-state index in [-0.39, 0.29) is 0 Å². The van der Waals surface area contributed by atoms with Crippen LogP contribution in [0.2, 0.25) is 0 Å². The van der Waals surface area contributed by atoms with Gasteiger partial charge in [-0.05, 0) is 31.0 Å². The summed E-state index contributed by atoms with van der Waals surface area (Å²) in [5.74, 6) is 0. The number of nitriles is 1. The fourth-order valence-corrected chi connectivity index (χ4v) is 1.30. The molecule has 1 N–H and O–H groups in total. The van der Waals surface area contributed by atoms with Crippen molar-refractivity contribution in [3.05, 3.63) is 29.8 Å². The lowest BCUT2D eigenvalue weighted by atomic mass is 10.2. The van der Waals surface area contributed by atoms with E-state index in [2.05, 4.69) is 11.4 Å². The molecule has 0 fully saturated rings. The Morgan fingerprint density at radius 1 is 1.40 bits per heavy atom. The van der Waals surface area contributed by atoms with Crippen LogP contribution >= 0.6 is 0 Å². The van der Waals surface area contributed by atoms with Crippen molar-refractivity contribution in [3.8, 4) is 6.07 Å². The fourth-order valence-electron chi connectivity index (χ4n) is 1.30. The van der Waals surface area contributed by atoms with Crippen LogP contribution in [-0.4, -0.2) is 20.3 Å². The van der Waals surface area contributed by atoms with Crippen LogP contribution in [-0.2, 0) is 4.74 Å². The summed E-state index contributed by atoms with van der Waals surface area (Å²) in [4.78, 5) is 0. The van der Waals surface area contributed by atoms with Crippen LogP contribution in [0.25, 0.3) is 0 Å². The van der Waals surface area contributed by atoms with Crippen LogP contribution in [0.5, 0.6) is 0 Å². The van der Waals surface area contributed by atoms with Gasteiger partial charge in [0.1, 0.15) is 0 Å². The molecule has 1 aromatic carbocycles. The molecule has 0 aliphatic carbocycles. The highest BCUT2D eigenvalue weighted by atomic mass is 16.5. The van der Waals surface area contributed by atoms with Crippen molar-refractivity contribution >= 4 is 5.69 Å². The van der Waals surface area contributed by atoms with E-state index < -0.39 is 0 Å². The first-order chi connectivity index (χ1) is 7.36. The molecule has 0 unspecified atom stereocenters. The third kappa shape index (κ3) is 4.48. The first-order valence-electron chi connectivity index (χ1n) is 5.10. The molecule has 0 radical (unpaired) electrons. The van der Waals surface area contributed by atoms with Gasteiger partial charge in [-0.2, -0.15) is 5.26 Å². The zero-order valence-electron chi connectivity index (χ0n) is 8.99. The molecule has 0 heterocycles. The summed E-state index contributed by atoms with van der Waals surface area (Å²) in [6, 6.07) is 9.63. The molecular formula is C12H16N2O. The molecule has 80 valence electrons. The molecule has 0 atom stereocenters. The zero-order valence-corrected chi connectivity index (χ0v) is 8.99. The van der Waals surface area contributed by atoms with E-state index in [1.165, 1.54) is 0 Å². The Morgan fingerprint density at radius 2 is 2.27 bits per heavy atom. The molecular weight excluding hydrogens is 188 g/mol. The van der Waals surface area contributed by atoms with Gasteiger partial charge in [0.25, 0.3) is 0 Å². The molecule has 0 bridgehead atoms. The normalized spacial score (nSPS) is 9.60. The van der Waals surface area contributed by atoms with E-state index in [0.29, 0.717) is 5.56 Å². The van der Waals surface area contributed by atoms with E-state index in [0.717, 1.165) is 31.7 Å². The van der Waals surface area contributed by atoms with Crippen LogP contribution in [0.4, 0.5) is 5.69 Å². The lowest BCUT2D eigenvalue weighted by molar-refractivity contribution is 0.194. The summed E-state index contributed by atoms with van der Waals surface area (Å²) in [6.07, 6.45) is 2.13. The molecule has 3 nitrogen and oxygen atoms in total. The molecule has 1 aromatic rings. The summed E-state index contributed by atoms with van der Waals surface area (Å²) in [6.45, 7) is 1.72. The first kappa shape index (κ1) is 11.5. The highest BCUT2D eigenvalue weighted by Gasteiger charge is 1.93. The van der Waals surface area contributed by atoms with E-state index in [4.69, 9.17) is 10.00 Å². The second-order valence-corrected chi connectivity index (χ2v) is 3.32. The van der Waals surface area contributed by atoms with Crippen LogP contribution in [0, 0.1) is 11.3 Å². The van der Waals surface area contributed by atoms with Gasteiger partial charge in [0.15, 0.2) is 0 Å². The molecule has 0 aromatic heterocycles. The van der Waals surface area contributed by atoms with E-state index in [1.54, 1.807) is 13.2 Å². The molecule has 3 heteroatoms. The standard InChI is InChI=1S/C12H16N2O/c1-15-8-3-2-7-14-12-6-4-5-11(9-12)10-13/h4-6,9,14H,2-3,7-8H2,1H3. The summed E-state index contributed by atoms with van der Waals surface area (Å²) in [5.41, 5.74) is 1.70. The average molecular weight is 204 g/mol. The topological polar surface area (TPSA) is 45.0 Å². The highest BCUT2D eigenvalue weighted by Crippen LogP contribution is 2.09. The Balaban J connectivity index is 2.28. The monoisotopic (exact) mass is 204 g/mol. The van der Waals surface area contributed by atoms with Crippen molar-refractivity contribution < 1.29 is 4.74 Å². The van der Waals surface area contributed by atoms with Crippen LogP contribution in [0.1, 0.15) is 18.4 Å². The number of hydrogen-bond acceptors (Lipinski definition) is 3. The largest absolute Gasteiger partial charge is 0.385 e. The fraction of sp³-hybridized carbons (Fsp3) is 0.417. The maximum atomic E-state index is 8.71. The molecule has 0 spiro atoms. The number of methoxy groups -OCH3 is 1. The van der Waals surface area contributed by atoms with Crippen molar-refractivity contribution in [3.63, 3.8) is 0 Å².